The van der Waals surface area contributed by atoms with Gasteiger partial charge in [-0.3, -0.25) is 9.05 Å². The molecule has 0 spiro atoms. The zero-order valence-corrected chi connectivity index (χ0v) is 10.2. The second-order valence-corrected chi connectivity index (χ2v) is 7.00. The maximum absolute atomic E-state index is 11.6. The summed E-state index contributed by atoms with van der Waals surface area (Å²) in [5, 5.41) is 0.519. The van der Waals surface area contributed by atoms with E-state index < -0.39 is 7.75 Å². The minimum Gasteiger partial charge on any atom is -0.294 e. The molecule has 76 valence electrons. The van der Waals surface area contributed by atoms with E-state index in [2.05, 4.69) is 11.7 Å². The highest BCUT2D eigenvalue weighted by Crippen LogP contribution is 2.51. The summed E-state index contributed by atoms with van der Waals surface area (Å²) < 4.78 is 25.7. The van der Waals surface area contributed by atoms with Crippen LogP contribution in [0, 0.1) is 0 Å². The fourth-order valence-corrected chi connectivity index (χ4v) is 4.44. The Morgan fingerprint density at radius 1 is 1.54 bits per heavy atom. The third-order valence-corrected chi connectivity index (χ3v) is 5.77. The van der Waals surface area contributed by atoms with Gasteiger partial charge >= 0.3 is 7.75 Å². The second-order valence-electron chi connectivity index (χ2n) is 2.44. The molecule has 0 aromatic carbocycles. The highest BCUT2D eigenvalue weighted by Gasteiger charge is 2.25. The molecule has 0 saturated carbocycles. The molecule has 0 bridgehead atoms. The van der Waals surface area contributed by atoms with Crippen molar-refractivity contribution >= 4 is 35.6 Å². The van der Waals surface area contributed by atoms with Crippen molar-refractivity contribution in [2.24, 2.45) is 4.76 Å². The van der Waals surface area contributed by atoms with Gasteiger partial charge in [0.15, 0.2) is 0 Å². The highest BCUT2D eigenvalue weighted by atomic mass is 32.2. The average molecular weight is 241 g/mol. The van der Waals surface area contributed by atoms with Crippen LogP contribution in [0.4, 0.5) is 0 Å². The fourth-order valence-electron chi connectivity index (χ4n) is 0.737. The largest absolute Gasteiger partial charge is 0.454 e. The number of hydrogen-bond acceptors (Lipinski definition) is 5. The van der Waals surface area contributed by atoms with Crippen LogP contribution in [0.5, 0.6) is 0 Å². The van der Waals surface area contributed by atoms with Gasteiger partial charge in [-0.1, -0.05) is 30.4 Å². The van der Waals surface area contributed by atoms with Gasteiger partial charge in [-0.2, -0.15) is 4.76 Å². The molecule has 1 heterocycles. The first-order valence-electron chi connectivity index (χ1n) is 3.71. The molecular weight excluding hydrogens is 229 g/mol. The Bertz CT molecular complexity index is 250. The molecule has 1 aliphatic heterocycles. The SMILES string of the molecule is COP(=O)(N=C1SCC(C)S1)OC. The Balaban J connectivity index is 2.69. The van der Waals surface area contributed by atoms with Crippen molar-refractivity contribution in [2.75, 3.05) is 20.0 Å². The molecule has 1 aliphatic rings. The van der Waals surface area contributed by atoms with Crippen molar-refractivity contribution in [2.45, 2.75) is 12.2 Å². The topological polar surface area (TPSA) is 47.9 Å². The van der Waals surface area contributed by atoms with Crippen LogP contribution in [0.15, 0.2) is 4.76 Å². The monoisotopic (exact) mass is 241 g/mol. The minimum absolute atomic E-state index is 0.519. The summed E-state index contributed by atoms with van der Waals surface area (Å²) in [6, 6.07) is 0. The van der Waals surface area contributed by atoms with E-state index in [1.54, 1.807) is 23.5 Å². The molecule has 1 atom stereocenters. The average Bonchev–Trinajstić information content (AvgIpc) is 2.51. The number of rotatable bonds is 3. The van der Waals surface area contributed by atoms with Crippen LogP contribution in [0.1, 0.15) is 6.92 Å². The summed E-state index contributed by atoms with van der Waals surface area (Å²) in [6.45, 7) is 2.10. The van der Waals surface area contributed by atoms with E-state index in [-0.39, 0.29) is 0 Å². The lowest BCUT2D eigenvalue weighted by Crippen LogP contribution is -1.90. The third kappa shape index (κ3) is 3.29. The van der Waals surface area contributed by atoms with Gasteiger partial charge < -0.3 is 0 Å². The first-order valence-corrected chi connectivity index (χ1v) is 7.07. The Hall–Kier alpha value is 0.520. The third-order valence-electron chi connectivity index (χ3n) is 1.41. The van der Waals surface area contributed by atoms with Crippen molar-refractivity contribution in [1.29, 1.82) is 0 Å². The molecule has 0 aromatic heterocycles. The Kier molecular flexibility index (Phi) is 4.32. The summed E-state index contributed by atoms with van der Waals surface area (Å²) in [4.78, 5) is 0. The molecule has 0 aliphatic carbocycles. The van der Waals surface area contributed by atoms with Crippen LogP contribution >= 0.6 is 31.3 Å². The van der Waals surface area contributed by atoms with Crippen molar-refractivity contribution in [1.82, 2.24) is 0 Å². The van der Waals surface area contributed by atoms with Gasteiger partial charge in [0.25, 0.3) is 0 Å². The molecule has 1 fully saturated rings. The van der Waals surface area contributed by atoms with Crippen molar-refractivity contribution < 1.29 is 13.6 Å². The van der Waals surface area contributed by atoms with E-state index in [0.29, 0.717) is 5.25 Å². The van der Waals surface area contributed by atoms with Crippen LogP contribution in [-0.2, 0) is 13.6 Å². The van der Waals surface area contributed by atoms with Gasteiger partial charge in [0.1, 0.15) is 4.38 Å². The highest BCUT2D eigenvalue weighted by molar-refractivity contribution is 8.42. The maximum Gasteiger partial charge on any atom is 0.454 e. The molecule has 1 saturated heterocycles. The lowest BCUT2D eigenvalue weighted by atomic mass is 10.6. The standard InChI is InChI=1S/C6H12NO3PS2/c1-5-4-12-6(13-5)7-11(8,9-2)10-3/h5H,4H2,1-3H3. The lowest BCUT2D eigenvalue weighted by molar-refractivity contribution is 0.277. The van der Waals surface area contributed by atoms with Gasteiger partial charge in [0.05, 0.1) is 0 Å². The van der Waals surface area contributed by atoms with Gasteiger partial charge in [-0.25, -0.2) is 4.57 Å². The van der Waals surface area contributed by atoms with Crippen LogP contribution in [-0.4, -0.2) is 29.6 Å². The summed E-state index contributed by atoms with van der Waals surface area (Å²) in [5.41, 5.74) is 0. The first-order chi connectivity index (χ1) is 6.09. The number of thioether (sulfide) groups is 2. The number of nitrogens with zero attached hydrogens (tertiary/aromatic N) is 1. The summed E-state index contributed by atoms with van der Waals surface area (Å²) in [5.74, 6) is 0.997. The zero-order valence-electron chi connectivity index (χ0n) is 7.72. The Morgan fingerprint density at radius 2 is 2.15 bits per heavy atom. The minimum atomic E-state index is -3.21. The van der Waals surface area contributed by atoms with E-state index in [1.807, 2.05) is 0 Å². The molecule has 13 heavy (non-hydrogen) atoms. The van der Waals surface area contributed by atoms with E-state index in [4.69, 9.17) is 9.05 Å². The molecule has 7 heteroatoms. The Morgan fingerprint density at radius 3 is 2.54 bits per heavy atom. The second kappa shape index (κ2) is 4.84. The quantitative estimate of drug-likeness (QED) is 0.711. The summed E-state index contributed by atoms with van der Waals surface area (Å²) in [7, 11) is -0.540. The zero-order chi connectivity index (χ0) is 9.90. The molecule has 0 N–H and O–H groups in total. The molecular formula is C6H12NO3PS2. The van der Waals surface area contributed by atoms with E-state index in [0.717, 1.165) is 10.1 Å². The van der Waals surface area contributed by atoms with Gasteiger partial charge in [-0.05, 0) is 0 Å². The predicted octanol–water partition coefficient (Wildman–Crippen LogP) is 2.61. The Labute approximate surface area is 86.4 Å². The van der Waals surface area contributed by atoms with E-state index in [9.17, 15) is 4.57 Å². The number of hydrogen-bond donors (Lipinski definition) is 0. The van der Waals surface area contributed by atoms with Crippen molar-refractivity contribution in [3.63, 3.8) is 0 Å². The van der Waals surface area contributed by atoms with Gasteiger partial charge in [-0.15, -0.1) is 0 Å². The van der Waals surface area contributed by atoms with E-state index >= 15 is 0 Å². The van der Waals surface area contributed by atoms with Crippen LogP contribution in [0.2, 0.25) is 0 Å². The van der Waals surface area contributed by atoms with Crippen molar-refractivity contribution in [3.8, 4) is 0 Å². The summed E-state index contributed by atoms with van der Waals surface area (Å²) in [6.07, 6.45) is 0. The fraction of sp³-hybridized carbons (Fsp3) is 0.833. The molecule has 4 nitrogen and oxygen atoms in total. The maximum atomic E-state index is 11.6. The molecule has 1 rings (SSSR count). The molecule has 0 amide bonds. The molecule has 0 aromatic rings. The summed E-state index contributed by atoms with van der Waals surface area (Å²) >= 11 is 3.19. The van der Waals surface area contributed by atoms with Crippen LogP contribution in [0.3, 0.4) is 0 Å². The van der Waals surface area contributed by atoms with Crippen LogP contribution < -0.4 is 0 Å². The normalized spacial score (nSPS) is 27.0. The first kappa shape index (κ1) is 11.6. The molecule has 1 unspecified atom stereocenters. The van der Waals surface area contributed by atoms with Crippen LogP contribution in [0.25, 0.3) is 0 Å². The van der Waals surface area contributed by atoms with Crippen molar-refractivity contribution in [3.05, 3.63) is 0 Å². The smallest absolute Gasteiger partial charge is 0.294 e. The van der Waals surface area contributed by atoms with Gasteiger partial charge in [0, 0.05) is 25.2 Å². The molecule has 0 radical (unpaired) electrons. The lowest BCUT2D eigenvalue weighted by Gasteiger charge is -2.07. The predicted molar refractivity (Wildman–Crippen MR) is 58.6 cm³/mol. The van der Waals surface area contributed by atoms with E-state index in [1.165, 1.54) is 14.2 Å². The van der Waals surface area contributed by atoms with Gasteiger partial charge in [0.2, 0.25) is 0 Å².